The van der Waals surface area contributed by atoms with Gasteiger partial charge in [0.15, 0.2) is 10.3 Å². The summed E-state index contributed by atoms with van der Waals surface area (Å²) in [5.41, 5.74) is 4.25. The molecule has 0 saturated carbocycles. The van der Waals surface area contributed by atoms with Gasteiger partial charge in [0, 0.05) is 0 Å². The molecule has 0 aromatic carbocycles. The molecule has 8 heteroatoms. The summed E-state index contributed by atoms with van der Waals surface area (Å²) in [6.07, 6.45) is 0. The zero-order chi connectivity index (χ0) is 6.78. The van der Waals surface area contributed by atoms with E-state index >= 15 is 0 Å². The normalized spacial score (nSPS) is 9.44. The molecule has 0 bridgehead atoms. The van der Waals surface area contributed by atoms with E-state index in [0.717, 1.165) is 4.72 Å². The van der Waals surface area contributed by atoms with Crippen molar-refractivity contribution in [1.29, 1.82) is 0 Å². The Hall–Kier alpha value is 0.180. The van der Waals surface area contributed by atoms with Crippen LogP contribution in [0.3, 0.4) is 0 Å². The molecule has 9 heavy (non-hydrogen) atoms. The molecule has 0 radical (unpaired) electrons. The van der Waals surface area contributed by atoms with Crippen LogP contribution >= 0.6 is 0 Å². The Kier molecular flexibility index (Phi) is 5.39. The Morgan fingerprint density at radius 2 is 1.89 bits per heavy atom. The van der Waals surface area contributed by atoms with E-state index in [2.05, 4.69) is 5.73 Å². The van der Waals surface area contributed by atoms with Crippen molar-refractivity contribution in [2.75, 3.05) is 0 Å². The summed E-state index contributed by atoms with van der Waals surface area (Å²) in [7, 11) is -4.70. The Labute approximate surface area is 74.0 Å². The first-order valence-electron chi connectivity index (χ1n) is 1.45. The Morgan fingerprint density at radius 3 is 1.89 bits per heavy atom. The molecule has 0 aliphatic heterocycles. The minimum Gasteiger partial charge on any atom is -0.731 e. The standard InChI is InChI=1S/CH4N2O4S.Na/c2-1(4)3-8(5,6)7;/h(H3,2,3,4)(H,5,6,7);/q;+1/p-1. The van der Waals surface area contributed by atoms with Crippen LogP contribution in [0.1, 0.15) is 0 Å². The molecule has 0 heterocycles. The molecule has 3 N–H and O–H groups in total. The zero-order valence-corrected chi connectivity index (χ0v) is 7.44. The van der Waals surface area contributed by atoms with E-state index in [9.17, 15) is 17.8 Å². The smallest absolute Gasteiger partial charge is 0.731 e. The van der Waals surface area contributed by atoms with Crippen LogP contribution in [0.25, 0.3) is 0 Å². The maximum Gasteiger partial charge on any atom is 1.00 e. The number of urea groups is 1. The van der Waals surface area contributed by atoms with Crippen molar-refractivity contribution in [2.24, 2.45) is 5.73 Å². The second-order valence-electron chi connectivity index (χ2n) is 0.920. The summed E-state index contributed by atoms with van der Waals surface area (Å²) in [4.78, 5) is 9.55. The first-order chi connectivity index (χ1) is 3.42. The van der Waals surface area contributed by atoms with Crippen molar-refractivity contribution in [3.05, 3.63) is 0 Å². The second-order valence-corrected chi connectivity index (χ2v) is 2.03. The molecule has 2 amide bonds. The number of hydrogen-bond donors (Lipinski definition) is 2. The van der Waals surface area contributed by atoms with Gasteiger partial charge in [0.05, 0.1) is 0 Å². The van der Waals surface area contributed by atoms with Gasteiger partial charge in [0.25, 0.3) is 0 Å². The summed E-state index contributed by atoms with van der Waals surface area (Å²) in [5.74, 6) is 0. The van der Waals surface area contributed by atoms with Gasteiger partial charge in [-0.05, 0) is 0 Å². The zero-order valence-electron chi connectivity index (χ0n) is 4.62. The molecule has 0 aliphatic carbocycles. The average molecular weight is 162 g/mol. The summed E-state index contributed by atoms with van der Waals surface area (Å²) in [6.45, 7) is 0. The number of amides is 2. The summed E-state index contributed by atoms with van der Waals surface area (Å²) in [6, 6.07) is -1.38. The monoisotopic (exact) mass is 162 g/mol. The molecule has 0 aromatic rings. The quantitative estimate of drug-likeness (QED) is 0.297. The van der Waals surface area contributed by atoms with Gasteiger partial charge in [0.1, 0.15) is 0 Å². The Morgan fingerprint density at radius 1 is 1.56 bits per heavy atom. The number of carbonyl (C=O) groups excluding carboxylic acids is 1. The van der Waals surface area contributed by atoms with Crippen LogP contribution in [0, 0.1) is 0 Å². The van der Waals surface area contributed by atoms with Crippen LogP contribution in [-0.2, 0) is 10.3 Å². The third kappa shape index (κ3) is 11.6. The molecule has 0 saturated heterocycles. The summed E-state index contributed by atoms with van der Waals surface area (Å²) in [5, 5.41) is 0. The van der Waals surface area contributed by atoms with Crippen LogP contribution in [0.4, 0.5) is 4.79 Å². The number of nitrogens with two attached hydrogens (primary N) is 1. The predicted molar refractivity (Wildman–Crippen MR) is 22.4 cm³/mol. The van der Waals surface area contributed by atoms with Gasteiger partial charge < -0.3 is 10.3 Å². The number of nitrogens with one attached hydrogen (secondary N) is 1. The molecule has 0 fully saturated rings. The molecular formula is CH3N2NaO4S. The molecule has 0 aliphatic rings. The van der Waals surface area contributed by atoms with Crippen molar-refractivity contribution in [3.8, 4) is 0 Å². The fourth-order valence-corrected chi connectivity index (χ4v) is 0.370. The van der Waals surface area contributed by atoms with Crippen molar-refractivity contribution in [2.45, 2.75) is 0 Å². The molecule has 0 rings (SSSR count). The van der Waals surface area contributed by atoms with Crippen LogP contribution in [-0.4, -0.2) is 19.0 Å². The summed E-state index contributed by atoms with van der Waals surface area (Å²) < 4.78 is 29.4. The van der Waals surface area contributed by atoms with Crippen LogP contribution in [0.15, 0.2) is 0 Å². The molecule has 0 unspecified atom stereocenters. The first-order valence-corrected chi connectivity index (χ1v) is 2.86. The maximum atomic E-state index is 9.55. The molecule has 6 nitrogen and oxygen atoms in total. The molecule has 0 spiro atoms. The topological polar surface area (TPSA) is 112 Å². The second kappa shape index (κ2) is 4.07. The molecular weight excluding hydrogens is 159 g/mol. The van der Waals surface area contributed by atoms with E-state index in [0.29, 0.717) is 0 Å². The third-order valence-corrected chi connectivity index (χ3v) is 0.677. The third-order valence-electron chi connectivity index (χ3n) is 0.226. The van der Waals surface area contributed by atoms with Gasteiger partial charge in [-0.25, -0.2) is 17.9 Å². The van der Waals surface area contributed by atoms with E-state index in [1.165, 1.54) is 0 Å². The SMILES string of the molecule is NC(=O)NS(=O)(=O)[O-].[Na+]. The van der Waals surface area contributed by atoms with E-state index in [4.69, 9.17) is 0 Å². The maximum absolute atomic E-state index is 9.55. The number of carbonyl (C=O) groups is 1. The predicted octanol–water partition coefficient (Wildman–Crippen LogP) is -4.88. The Balaban J connectivity index is 0. The van der Waals surface area contributed by atoms with E-state index in [-0.39, 0.29) is 29.6 Å². The number of rotatable bonds is 1. The fraction of sp³-hybridized carbons (Fsp3) is 0. The minimum atomic E-state index is -4.70. The minimum absolute atomic E-state index is 0. The van der Waals surface area contributed by atoms with Crippen molar-refractivity contribution in [1.82, 2.24) is 4.72 Å². The van der Waals surface area contributed by atoms with Crippen molar-refractivity contribution >= 4 is 16.3 Å². The Bertz CT molecular complexity index is 185. The van der Waals surface area contributed by atoms with Gasteiger partial charge in [-0.3, -0.25) is 0 Å². The summed E-state index contributed by atoms with van der Waals surface area (Å²) >= 11 is 0. The fourth-order valence-electron chi connectivity index (χ4n) is 0.123. The van der Waals surface area contributed by atoms with Crippen LogP contribution in [0.5, 0.6) is 0 Å². The van der Waals surface area contributed by atoms with Gasteiger partial charge in [-0.15, -0.1) is 0 Å². The van der Waals surface area contributed by atoms with Crippen molar-refractivity contribution in [3.63, 3.8) is 0 Å². The van der Waals surface area contributed by atoms with Gasteiger partial charge in [-0.2, -0.15) is 0 Å². The van der Waals surface area contributed by atoms with Gasteiger partial charge >= 0.3 is 35.6 Å². The largest absolute Gasteiger partial charge is 1.00 e. The van der Waals surface area contributed by atoms with E-state index in [1.807, 2.05) is 0 Å². The van der Waals surface area contributed by atoms with E-state index in [1.54, 1.807) is 0 Å². The number of hydrogen-bond acceptors (Lipinski definition) is 4. The van der Waals surface area contributed by atoms with E-state index < -0.39 is 16.3 Å². The van der Waals surface area contributed by atoms with Crippen LogP contribution in [0.2, 0.25) is 0 Å². The van der Waals surface area contributed by atoms with Crippen molar-refractivity contribution < 1.29 is 47.3 Å². The number of primary amides is 1. The van der Waals surface area contributed by atoms with Crippen LogP contribution < -0.4 is 40.0 Å². The molecule has 0 atom stereocenters. The van der Waals surface area contributed by atoms with Gasteiger partial charge in [0.2, 0.25) is 0 Å². The molecule has 0 aromatic heterocycles. The molecule has 48 valence electrons. The van der Waals surface area contributed by atoms with Gasteiger partial charge in [-0.1, -0.05) is 0 Å². The average Bonchev–Trinajstić information content (AvgIpc) is 1.21. The first kappa shape index (κ1) is 11.9.